The van der Waals surface area contributed by atoms with Crippen LogP contribution in [0.2, 0.25) is 0 Å². The highest BCUT2D eigenvalue weighted by Crippen LogP contribution is 2.18. The van der Waals surface area contributed by atoms with Crippen molar-refractivity contribution in [3.8, 4) is 5.75 Å². The Morgan fingerprint density at radius 3 is 2.70 bits per heavy atom. The molecule has 1 aromatic rings. The molecule has 0 bridgehead atoms. The molecule has 23 heavy (non-hydrogen) atoms. The zero-order valence-electron chi connectivity index (χ0n) is 13.6. The summed E-state index contributed by atoms with van der Waals surface area (Å²) in [6.45, 7) is 4.52. The van der Waals surface area contributed by atoms with E-state index in [4.69, 9.17) is 10.5 Å². The van der Waals surface area contributed by atoms with Crippen molar-refractivity contribution in [3.05, 3.63) is 35.9 Å². The van der Waals surface area contributed by atoms with Crippen LogP contribution in [0.15, 0.2) is 30.3 Å². The smallest absolute Gasteiger partial charge is 0.237 e. The molecule has 0 spiro atoms. The van der Waals surface area contributed by atoms with Gasteiger partial charge < -0.3 is 15.8 Å². The number of ketones is 1. The molecular formula is C18H24N2O3. The summed E-state index contributed by atoms with van der Waals surface area (Å²) in [5.41, 5.74) is 6.78. The second kappa shape index (κ2) is 7.92. The third-order valence-electron chi connectivity index (χ3n) is 3.78. The highest BCUT2D eigenvalue weighted by atomic mass is 16.5. The lowest BCUT2D eigenvalue weighted by atomic mass is 9.91. The van der Waals surface area contributed by atoms with Crippen molar-refractivity contribution in [2.45, 2.75) is 38.8 Å². The molecule has 1 fully saturated rings. The van der Waals surface area contributed by atoms with Crippen molar-refractivity contribution >= 4 is 17.8 Å². The van der Waals surface area contributed by atoms with Crippen molar-refractivity contribution in [2.75, 3.05) is 6.54 Å². The van der Waals surface area contributed by atoms with Gasteiger partial charge in [-0.05, 0) is 50.5 Å². The van der Waals surface area contributed by atoms with E-state index in [1.165, 1.54) is 6.08 Å². The van der Waals surface area contributed by atoms with Gasteiger partial charge in [-0.2, -0.15) is 0 Å². The first-order valence-corrected chi connectivity index (χ1v) is 7.99. The SMILES string of the molecule is CC(C)Oc1ccc(C=CC(=O)C2CCCNC(=O)C2N)cc1. The van der Waals surface area contributed by atoms with E-state index < -0.39 is 12.0 Å². The van der Waals surface area contributed by atoms with E-state index in [1.807, 2.05) is 38.1 Å². The summed E-state index contributed by atoms with van der Waals surface area (Å²) in [5.74, 6) is 0.00438. The van der Waals surface area contributed by atoms with Gasteiger partial charge in [0.1, 0.15) is 5.75 Å². The molecule has 0 aromatic heterocycles. The number of carbonyl (C=O) groups is 2. The molecule has 0 radical (unpaired) electrons. The summed E-state index contributed by atoms with van der Waals surface area (Å²) in [5, 5.41) is 2.72. The molecule has 1 aliphatic rings. The first-order chi connectivity index (χ1) is 11.0. The van der Waals surface area contributed by atoms with Crippen LogP contribution in [0.5, 0.6) is 5.75 Å². The van der Waals surface area contributed by atoms with Crippen LogP contribution in [0, 0.1) is 5.92 Å². The van der Waals surface area contributed by atoms with Gasteiger partial charge in [-0.1, -0.05) is 18.2 Å². The van der Waals surface area contributed by atoms with E-state index >= 15 is 0 Å². The molecule has 0 aliphatic carbocycles. The number of ether oxygens (including phenoxy) is 1. The van der Waals surface area contributed by atoms with Crippen LogP contribution in [-0.4, -0.2) is 30.4 Å². The lowest BCUT2D eigenvalue weighted by molar-refractivity contribution is -0.127. The number of nitrogens with two attached hydrogens (primary N) is 1. The van der Waals surface area contributed by atoms with Crippen LogP contribution in [0.4, 0.5) is 0 Å². The van der Waals surface area contributed by atoms with Crippen molar-refractivity contribution < 1.29 is 14.3 Å². The molecule has 1 heterocycles. The molecule has 1 saturated heterocycles. The average molecular weight is 316 g/mol. The third-order valence-corrected chi connectivity index (χ3v) is 3.78. The Labute approximate surface area is 136 Å². The van der Waals surface area contributed by atoms with Gasteiger partial charge in [0.05, 0.1) is 12.1 Å². The molecule has 2 unspecified atom stereocenters. The van der Waals surface area contributed by atoms with Crippen LogP contribution in [-0.2, 0) is 9.59 Å². The van der Waals surface area contributed by atoms with E-state index in [1.54, 1.807) is 6.08 Å². The maximum absolute atomic E-state index is 12.3. The van der Waals surface area contributed by atoms with Crippen molar-refractivity contribution in [1.29, 1.82) is 0 Å². The number of carbonyl (C=O) groups excluding carboxylic acids is 2. The van der Waals surface area contributed by atoms with Crippen LogP contribution >= 0.6 is 0 Å². The number of benzene rings is 1. The minimum atomic E-state index is -0.767. The molecule has 1 aromatic carbocycles. The Hall–Kier alpha value is -2.14. The third kappa shape index (κ3) is 4.93. The minimum absolute atomic E-state index is 0.0999. The van der Waals surface area contributed by atoms with Crippen LogP contribution in [0.25, 0.3) is 6.08 Å². The quantitative estimate of drug-likeness (QED) is 0.813. The maximum atomic E-state index is 12.3. The van der Waals surface area contributed by atoms with Crippen molar-refractivity contribution in [2.24, 2.45) is 11.7 Å². The van der Waals surface area contributed by atoms with Gasteiger partial charge in [-0.3, -0.25) is 9.59 Å². The fraction of sp³-hybridized carbons (Fsp3) is 0.444. The van der Waals surface area contributed by atoms with Crippen LogP contribution in [0.1, 0.15) is 32.3 Å². The zero-order chi connectivity index (χ0) is 16.8. The van der Waals surface area contributed by atoms with Crippen LogP contribution in [0.3, 0.4) is 0 Å². The number of hydrogen-bond acceptors (Lipinski definition) is 4. The van der Waals surface area contributed by atoms with Crippen molar-refractivity contribution in [3.63, 3.8) is 0 Å². The molecule has 1 aliphatic heterocycles. The Balaban J connectivity index is 2.01. The largest absolute Gasteiger partial charge is 0.491 e. The molecular weight excluding hydrogens is 292 g/mol. The predicted octanol–water partition coefficient (Wildman–Crippen LogP) is 1.91. The van der Waals surface area contributed by atoms with Gasteiger partial charge in [0.25, 0.3) is 0 Å². The summed E-state index contributed by atoms with van der Waals surface area (Å²) in [7, 11) is 0. The van der Waals surface area contributed by atoms with Gasteiger partial charge in [0.2, 0.25) is 5.91 Å². The van der Waals surface area contributed by atoms with E-state index in [0.717, 1.165) is 17.7 Å². The van der Waals surface area contributed by atoms with Gasteiger partial charge in [-0.15, -0.1) is 0 Å². The Kier molecular flexibility index (Phi) is 5.93. The number of allylic oxidation sites excluding steroid dienone is 1. The molecule has 2 rings (SSSR count). The van der Waals surface area contributed by atoms with E-state index in [-0.39, 0.29) is 17.8 Å². The molecule has 5 nitrogen and oxygen atoms in total. The summed E-state index contributed by atoms with van der Waals surface area (Å²) >= 11 is 0. The topological polar surface area (TPSA) is 81.4 Å². The van der Waals surface area contributed by atoms with Gasteiger partial charge in [0.15, 0.2) is 5.78 Å². The zero-order valence-corrected chi connectivity index (χ0v) is 13.6. The molecule has 124 valence electrons. The number of hydrogen-bond donors (Lipinski definition) is 2. The number of nitrogens with one attached hydrogen (secondary N) is 1. The highest BCUT2D eigenvalue weighted by Gasteiger charge is 2.30. The first kappa shape index (κ1) is 17.2. The standard InChI is InChI=1S/C18H24N2O3/c1-12(2)23-14-8-5-13(6-9-14)7-10-16(21)15-4-3-11-20-18(22)17(15)19/h5-10,12,15,17H,3-4,11,19H2,1-2H3,(H,20,22). The molecule has 2 atom stereocenters. The maximum Gasteiger partial charge on any atom is 0.237 e. The molecule has 5 heteroatoms. The second-order valence-corrected chi connectivity index (χ2v) is 6.04. The summed E-state index contributed by atoms with van der Waals surface area (Å²) < 4.78 is 5.58. The monoisotopic (exact) mass is 316 g/mol. The van der Waals surface area contributed by atoms with Crippen LogP contribution < -0.4 is 15.8 Å². The Morgan fingerprint density at radius 2 is 2.04 bits per heavy atom. The van der Waals surface area contributed by atoms with E-state index in [9.17, 15) is 9.59 Å². The molecule has 0 saturated carbocycles. The fourth-order valence-corrected chi connectivity index (χ4v) is 2.56. The summed E-state index contributed by atoms with van der Waals surface area (Å²) in [4.78, 5) is 24.0. The lowest BCUT2D eigenvalue weighted by Crippen LogP contribution is -2.45. The minimum Gasteiger partial charge on any atom is -0.491 e. The van der Waals surface area contributed by atoms with Gasteiger partial charge in [-0.25, -0.2) is 0 Å². The predicted molar refractivity (Wildman–Crippen MR) is 90.0 cm³/mol. The number of rotatable bonds is 5. The lowest BCUT2D eigenvalue weighted by Gasteiger charge is -2.16. The van der Waals surface area contributed by atoms with Crippen molar-refractivity contribution in [1.82, 2.24) is 5.32 Å². The average Bonchev–Trinajstić information content (AvgIpc) is 2.68. The van der Waals surface area contributed by atoms with E-state index in [2.05, 4.69) is 5.32 Å². The Bertz CT molecular complexity index is 578. The normalized spacial score (nSPS) is 22.0. The van der Waals surface area contributed by atoms with Gasteiger partial charge >= 0.3 is 0 Å². The number of amides is 1. The second-order valence-electron chi connectivity index (χ2n) is 6.04. The summed E-state index contributed by atoms with van der Waals surface area (Å²) in [6, 6.07) is 6.75. The first-order valence-electron chi connectivity index (χ1n) is 7.99. The molecule has 3 N–H and O–H groups in total. The van der Waals surface area contributed by atoms with E-state index in [0.29, 0.717) is 13.0 Å². The summed E-state index contributed by atoms with van der Waals surface area (Å²) in [6.07, 6.45) is 4.79. The van der Waals surface area contributed by atoms with Gasteiger partial charge in [0, 0.05) is 12.5 Å². The Morgan fingerprint density at radius 1 is 1.35 bits per heavy atom. The molecule has 1 amide bonds. The fourth-order valence-electron chi connectivity index (χ4n) is 2.56. The highest BCUT2D eigenvalue weighted by molar-refractivity contribution is 5.99.